The van der Waals surface area contributed by atoms with Gasteiger partial charge < -0.3 is 0 Å². The molecule has 74 valence electrons. The van der Waals surface area contributed by atoms with Crippen molar-refractivity contribution in [3.8, 4) is 11.0 Å². The molecule has 0 unspecified atom stereocenters. The first-order valence-electron chi connectivity index (χ1n) is 5.43. The van der Waals surface area contributed by atoms with Crippen LogP contribution in [0.4, 0.5) is 0 Å². The van der Waals surface area contributed by atoms with Gasteiger partial charge in [-0.15, -0.1) is 0 Å². The number of hydrogen-bond donors (Lipinski definition) is 0. The molecule has 1 aromatic heterocycles. The molecule has 0 fully saturated rings. The predicted octanol–water partition coefficient (Wildman–Crippen LogP) is 3.82. The Morgan fingerprint density at radius 2 is 1.67 bits per heavy atom. The summed E-state index contributed by atoms with van der Waals surface area (Å²) in [6, 6.07) is 15.1. The summed E-state index contributed by atoms with van der Waals surface area (Å²) in [6.07, 6.45) is 0. The quantitative estimate of drug-likeness (QED) is 0.681. The zero-order valence-electron chi connectivity index (χ0n) is 9.27. The van der Waals surface area contributed by atoms with Crippen molar-refractivity contribution in [2.75, 3.05) is 0 Å². The topological polar surface area (TPSA) is 0 Å². The van der Waals surface area contributed by atoms with Crippen LogP contribution in [0, 0.1) is 0 Å². The molecule has 0 spiro atoms. The van der Waals surface area contributed by atoms with Crippen LogP contribution < -0.4 is 0 Å². The van der Waals surface area contributed by atoms with Crippen LogP contribution in [0.25, 0.3) is 11.0 Å². The summed E-state index contributed by atoms with van der Waals surface area (Å²) < 4.78 is 0. The van der Waals surface area contributed by atoms with E-state index < -0.39 is 0 Å². The van der Waals surface area contributed by atoms with Crippen molar-refractivity contribution in [2.24, 2.45) is 0 Å². The van der Waals surface area contributed by atoms with Crippen molar-refractivity contribution in [1.29, 1.82) is 0 Å². The van der Waals surface area contributed by atoms with Crippen molar-refractivity contribution in [2.45, 2.75) is 19.8 Å². The van der Waals surface area contributed by atoms with Gasteiger partial charge >= 0.3 is 91.7 Å². The molecular formula is C14H15B. The van der Waals surface area contributed by atoms with Crippen LogP contribution in [0.15, 0.2) is 48.4 Å². The molecule has 0 nitrogen and oxygen atoms in total. The molecule has 1 heterocycles. The van der Waals surface area contributed by atoms with Crippen molar-refractivity contribution < 1.29 is 0 Å². The predicted molar refractivity (Wildman–Crippen MR) is 67.3 cm³/mol. The summed E-state index contributed by atoms with van der Waals surface area (Å²) in [6.45, 7) is 6.58. The molecule has 0 radical (unpaired) electrons. The van der Waals surface area contributed by atoms with Gasteiger partial charge in [-0.2, -0.15) is 0 Å². The number of rotatable bonds is 2. The maximum atomic E-state index is 2.22. The first-order chi connectivity index (χ1) is 7.27. The Bertz CT molecular complexity index is 415. The van der Waals surface area contributed by atoms with E-state index in [9.17, 15) is 0 Å². The summed E-state index contributed by atoms with van der Waals surface area (Å²) >= 11 is 0. The van der Waals surface area contributed by atoms with E-state index in [4.69, 9.17) is 0 Å². The van der Waals surface area contributed by atoms with E-state index in [0.29, 0.717) is 5.92 Å². The minimum absolute atomic E-state index is 0.606. The van der Waals surface area contributed by atoms with E-state index >= 15 is 0 Å². The molecule has 0 aliphatic carbocycles. The van der Waals surface area contributed by atoms with Crippen molar-refractivity contribution in [1.82, 2.24) is 0 Å². The molecule has 0 aliphatic heterocycles. The van der Waals surface area contributed by atoms with Gasteiger partial charge in [-0.1, -0.05) is 0 Å². The Labute approximate surface area is 92.2 Å². The average Bonchev–Trinajstić information content (AvgIpc) is 2.30. The Morgan fingerprint density at radius 1 is 0.933 bits per heavy atom. The first kappa shape index (κ1) is 10.2. The molecule has 2 aromatic rings. The zero-order chi connectivity index (χ0) is 10.7. The Hall–Kier alpha value is -1.37. The van der Waals surface area contributed by atoms with Crippen molar-refractivity contribution in [3.63, 3.8) is 0 Å². The van der Waals surface area contributed by atoms with Gasteiger partial charge in [0.2, 0.25) is 0 Å². The Morgan fingerprint density at radius 3 is 2.20 bits per heavy atom. The summed E-state index contributed by atoms with van der Waals surface area (Å²) in [7, 11) is 0. The fourth-order valence-corrected chi connectivity index (χ4v) is 1.69. The van der Waals surface area contributed by atoms with Crippen LogP contribution in [0.1, 0.15) is 25.3 Å². The monoisotopic (exact) mass is 194 g/mol. The van der Waals surface area contributed by atoms with Crippen LogP contribution in [-0.4, -0.2) is 6.91 Å². The molecular weight excluding hydrogens is 179 g/mol. The molecule has 1 aromatic carbocycles. The second kappa shape index (κ2) is 4.44. The SMILES string of the molecule is CC(C)c1ccc(-c2bcccc2)cc1. The molecule has 0 saturated heterocycles. The van der Waals surface area contributed by atoms with Crippen LogP contribution in [0.5, 0.6) is 0 Å². The summed E-state index contributed by atoms with van der Waals surface area (Å²) in [5.74, 6) is 2.68. The van der Waals surface area contributed by atoms with E-state index in [1.807, 2.05) is 6.07 Å². The molecule has 0 aliphatic rings. The van der Waals surface area contributed by atoms with Gasteiger partial charge in [-0.05, 0) is 0 Å². The molecule has 15 heavy (non-hydrogen) atoms. The fraction of sp³-hybridized carbons (Fsp3) is 0.214. The second-order valence-electron chi connectivity index (χ2n) is 4.14. The Balaban J connectivity index is 2.32. The van der Waals surface area contributed by atoms with E-state index in [2.05, 4.69) is 63.1 Å². The molecule has 2 rings (SSSR count). The van der Waals surface area contributed by atoms with Crippen LogP contribution in [0.2, 0.25) is 0 Å². The van der Waals surface area contributed by atoms with Crippen molar-refractivity contribution >= 4 is 6.91 Å². The van der Waals surface area contributed by atoms with Gasteiger partial charge in [-0.3, -0.25) is 0 Å². The summed E-state index contributed by atoms with van der Waals surface area (Å²) in [5.41, 5.74) is 3.97. The molecule has 0 N–H and O–H groups in total. The minimum atomic E-state index is 0.606. The summed E-state index contributed by atoms with van der Waals surface area (Å²) in [4.78, 5) is 0. The van der Waals surface area contributed by atoms with Crippen LogP contribution in [-0.2, 0) is 0 Å². The normalized spacial score (nSPS) is 10.3. The zero-order valence-corrected chi connectivity index (χ0v) is 9.27. The van der Waals surface area contributed by atoms with Gasteiger partial charge in [0.15, 0.2) is 0 Å². The first-order valence-corrected chi connectivity index (χ1v) is 5.43. The van der Waals surface area contributed by atoms with Gasteiger partial charge in [0.1, 0.15) is 0 Å². The fourth-order valence-electron chi connectivity index (χ4n) is 1.69. The van der Waals surface area contributed by atoms with Gasteiger partial charge in [0.25, 0.3) is 0 Å². The third-order valence-electron chi connectivity index (χ3n) is 2.68. The molecule has 0 saturated carbocycles. The number of benzene rings is 1. The molecule has 0 bridgehead atoms. The third kappa shape index (κ3) is 2.35. The van der Waals surface area contributed by atoms with Crippen LogP contribution in [0.3, 0.4) is 0 Å². The van der Waals surface area contributed by atoms with Gasteiger partial charge in [0, 0.05) is 0 Å². The summed E-state index contributed by atoms with van der Waals surface area (Å²) in [5, 5.41) is 0. The molecule has 0 atom stereocenters. The van der Waals surface area contributed by atoms with E-state index in [1.54, 1.807) is 0 Å². The Kier molecular flexibility index (Phi) is 3.01. The molecule has 0 amide bonds. The average molecular weight is 194 g/mol. The van der Waals surface area contributed by atoms with Crippen molar-refractivity contribution in [3.05, 3.63) is 54.0 Å². The number of hydrogen-bond acceptors (Lipinski definition) is 0. The van der Waals surface area contributed by atoms with E-state index in [0.717, 1.165) is 0 Å². The molecule has 1 heteroatoms. The van der Waals surface area contributed by atoms with Gasteiger partial charge in [-0.25, -0.2) is 0 Å². The van der Waals surface area contributed by atoms with Gasteiger partial charge in [0.05, 0.1) is 0 Å². The maximum absolute atomic E-state index is 2.22. The van der Waals surface area contributed by atoms with Crippen LogP contribution >= 0.6 is 0 Å². The third-order valence-corrected chi connectivity index (χ3v) is 2.68. The van der Waals surface area contributed by atoms with E-state index in [1.165, 1.54) is 16.6 Å². The standard InChI is InChI=1S/C14H15B/c1-11(2)12-6-8-13(9-7-12)14-5-3-4-10-15-14/h3-11H,1-2H3. The second-order valence-corrected chi connectivity index (χ2v) is 4.14. The van der Waals surface area contributed by atoms with E-state index in [-0.39, 0.29) is 0 Å².